The summed E-state index contributed by atoms with van der Waals surface area (Å²) in [6, 6.07) is 7.29. The minimum absolute atomic E-state index is 0.00165. The molecule has 0 bridgehead atoms. The Bertz CT molecular complexity index is 785. The molecule has 0 aliphatic carbocycles. The molecule has 1 unspecified atom stereocenters. The fraction of sp³-hybridized carbons (Fsp3) is 0.529. The van der Waals surface area contributed by atoms with E-state index in [9.17, 15) is 13.2 Å². The SMILES string of the molecule is CCCNC(=O)N1CCCC(COc2cccc(N)c2C#N)C1.NS(N)(=O)=O. The number of benzene rings is 1. The van der Waals surface area contributed by atoms with E-state index in [4.69, 9.17) is 15.7 Å². The lowest BCUT2D eigenvalue weighted by Crippen LogP contribution is -2.46. The minimum Gasteiger partial charge on any atom is -0.492 e. The van der Waals surface area contributed by atoms with Gasteiger partial charge in [-0.25, -0.2) is 15.1 Å². The van der Waals surface area contributed by atoms with Gasteiger partial charge in [-0.15, -0.1) is 0 Å². The smallest absolute Gasteiger partial charge is 0.317 e. The predicted octanol–water partition coefficient (Wildman–Crippen LogP) is 0.499. The lowest BCUT2D eigenvalue weighted by Gasteiger charge is -2.32. The molecule has 0 aromatic heterocycles. The molecule has 11 heteroatoms. The van der Waals surface area contributed by atoms with Crippen LogP contribution in [0.15, 0.2) is 18.2 Å². The number of nitrogens with zero attached hydrogens (tertiary/aromatic N) is 2. The molecule has 1 aromatic rings. The van der Waals surface area contributed by atoms with Gasteiger partial charge in [0.15, 0.2) is 0 Å². The number of anilines is 1. The van der Waals surface area contributed by atoms with Crippen molar-refractivity contribution in [2.24, 2.45) is 16.2 Å². The topological polar surface area (TPSA) is 178 Å². The Balaban J connectivity index is 0.000000696. The monoisotopic (exact) mass is 412 g/mol. The molecule has 1 atom stereocenters. The molecule has 0 spiro atoms. The van der Waals surface area contributed by atoms with E-state index < -0.39 is 10.2 Å². The minimum atomic E-state index is -3.67. The molecule has 1 saturated heterocycles. The standard InChI is InChI=1S/C17H24N4O2.H4N2O2S/c1-2-8-20-17(22)21-9-4-5-13(11-21)12-23-16-7-3-6-15(19)14(16)10-18;1-5(2,3)4/h3,6-7,13H,2,4-5,8-9,11-12,19H2,1H3,(H,20,22);(H4,1,2,3,4). The summed E-state index contributed by atoms with van der Waals surface area (Å²) in [7, 11) is -3.67. The van der Waals surface area contributed by atoms with Crippen LogP contribution >= 0.6 is 0 Å². The molecule has 0 radical (unpaired) electrons. The summed E-state index contributed by atoms with van der Waals surface area (Å²) >= 11 is 0. The summed E-state index contributed by atoms with van der Waals surface area (Å²) in [4.78, 5) is 13.9. The molecule has 1 aromatic carbocycles. The highest BCUT2D eigenvalue weighted by atomic mass is 32.2. The summed E-state index contributed by atoms with van der Waals surface area (Å²) in [5.41, 5.74) is 6.59. The lowest BCUT2D eigenvalue weighted by molar-refractivity contribution is 0.137. The van der Waals surface area contributed by atoms with Gasteiger partial charge in [-0.05, 0) is 31.4 Å². The molecule has 7 N–H and O–H groups in total. The van der Waals surface area contributed by atoms with Crippen LogP contribution in [-0.2, 0) is 10.2 Å². The second kappa shape index (κ2) is 11.3. The molecule has 156 valence electrons. The van der Waals surface area contributed by atoms with E-state index in [-0.39, 0.29) is 11.9 Å². The van der Waals surface area contributed by atoms with Crippen molar-refractivity contribution in [3.05, 3.63) is 23.8 Å². The third-order valence-corrected chi connectivity index (χ3v) is 3.98. The molecule has 1 aliphatic heterocycles. The molecular formula is C17H28N6O4S. The van der Waals surface area contributed by atoms with Crippen molar-refractivity contribution < 1.29 is 17.9 Å². The highest BCUT2D eigenvalue weighted by molar-refractivity contribution is 7.86. The number of piperidine rings is 1. The summed E-state index contributed by atoms with van der Waals surface area (Å²) < 4.78 is 24.2. The van der Waals surface area contributed by atoms with Crippen LogP contribution in [0.4, 0.5) is 10.5 Å². The average molecular weight is 413 g/mol. The Kier molecular flexibility index (Phi) is 9.50. The first kappa shape index (κ1) is 23.5. The van der Waals surface area contributed by atoms with Crippen LogP contribution in [0, 0.1) is 17.2 Å². The highest BCUT2D eigenvalue weighted by Crippen LogP contribution is 2.25. The first-order valence-electron chi connectivity index (χ1n) is 8.90. The number of rotatable bonds is 5. The number of nitrogen functional groups attached to an aromatic ring is 1. The van der Waals surface area contributed by atoms with Gasteiger partial charge in [0.25, 0.3) is 10.2 Å². The number of urea groups is 1. The van der Waals surface area contributed by atoms with Crippen molar-refractivity contribution in [2.45, 2.75) is 26.2 Å². The van der Waals surface area contributed by atoms with Gasteiger partial charge in [0, 0.05) is 25.6 Å². The molecule has 1 heterocycles. The number of carbonyl (C=O) groups is 1. The van der Waals surface area contributed by atoms with Crippen molar-refractivity contribution >= 4 is 21.9 Å². The zero-order valence-electron chi connectivity index (χ0n) is 15.9. The lowest BCUT2D eigenvalue weighted by atomic mass is 9.99. The van der Waals surface area contributed by atoms with Crippen LogP contribution in [0.1, 0.15) is 31.7 Å². The number of nitrogens with two attached hydrogens (primary N) is 3. The van der Waals surface area contributed by atoms with Crippen LogP contribution in [0.25, 0.3) is 0 Å². The zero-order chi connectivity index (χ0) is 21.2. The highest BCUT2D eigenvalue weighted by Gasteiger charge is 2.24. The van der Waals surface area contributed by atoms with E-state index in [1.165, 1.54) is 0 Å². The Labute approximate surface area is 165 Å². The molecule has 2 amide bonds. The Hall–Kier alpha value is -2.55. The Morgan fingerprint density at radius 3 is 2.71 bits per heavy atom. The number of hydrogen-bond donors (Lipinski definition) is 4. The van der Waals surface area contributed by atoms with Crippen LogP contribution in [-0.4, -0.2) is 45.6 Å². The maximum atomic E-state index is 12.0. The molecule has 28 heavy (non-hydrogen) atoms. The molecule has 10 nitrogen and oxygen atoms in total. The van der Waals surface area contributed by atoms with Gasteiger partial charge in [-0.3, -0.25) is 0 Å². The van der Waals surface area contributed by atoms with Gasteiger partial charge in [-0.1, -0.05) is 13.0 Å². The van der Waals surface area contributed by atoms with E-state index in [1.54, 1.807) is 18.2 Å². The molecule has 2 rings (SSSR count). The van der Waals surface area contributed by atoms with E-state index in [1.807, 2.05) is 11.8 Å². The maximum Gasteiger partial charge on any atom is 0.317 e. The van der Waals surface area contributed by atoms with Gasteiger partial charge in [-0.2, -0.15) is 13.7 Å². The number of likely N-dealkylation sites (tertiary alicyclic amines) is 1. The van der Waals surface area contributed by atoms with Crippen molar-refractivity contribution in [1.82, 2.24) is 10.2 Å². The molecule has 1 aliphatic rings. The third-order valence-electron chi connectivity index (χ3n) is 3.98. The zero-order valence-corrected chi connectivity index (χ0v) is 16.7. The maximum absolute atomic E-state index is 12.0. The van der Waals surface area contributed by atoms with Crippen LogP contribution in [0.2, 0.25) is 0 Å². The van der Waals surface area contributed by atoms with E-state index in [0.717, 1.165) is 25.8 Å². The molecule has 0 saturated carbocycles. The predicted molar refractivity (Wildman–Crippen MR) is 106 cm³/mol. The number of amides is 2. The van der Waals surface area contributed by atoms with E-state index in [0.29, 0.717) is 36.7 Å². The van der Waals surface area contributed by atoms with Crippen molar-refractivity contribution in [3.63, 3.8) is 0 Å². The number of ether oxygens (including phenoxy) is 1. The fourth-order valence-electron chi connectivity index (χ4n) is 2.72. The van der Waals surface area contributed by atoms with Gasteiger partial charge in [0.2, 0.25) is 0 Å². The van der Waals surface area contributed by atoms with Gasteiger partial charge in [0.1, 0.15) is 17.4 Å². The summed E-state index contributed by atoms with van der Waals surface area (Å²) in [6.07, 6.45) is 2.91. The second-order valence-corrected chi connectivity index (χ2v) is 7.60. The van der Waals surface area contributed by atoms with Crippen molar-refractivity contribution in [2.75, 3.05) is 32.0 Å². The normalized spacial score (nSPS) is 16.4. The average Bonchev–Trinajstić information content (AvgIpc) is 2.63. The second-order valence-electron chi connectivity index (χ2n) is 6.42. The molecule has 1 fully saturated rings. The van der Waals surface area contributed by atoms with Crippen LogP contribution < -0.4 is 26.1 Å². The number of hydrogen-bond acceptors (Lipinski definition) is 6. The number of nitrogens with one attached hydrogen (secondary N) is 1. The largest absolute Gasteiger partial charge is 0.492 e. The Morgan fingerprint density at radius 1 is 1.43 bits per heavy atom. The number of nitriles is 1. The van der Waals surface area contributed by atoms with Crippen LogP contribution in [0.3, 0.4) is 0 Å². The first-order valence-corrected chi connectivity index (χ1v) is 10.5. The first-order chi connectivity index (χ1) is 13.2. The third kappa shape index (κ3) is 8.90. The summed E-state index contributed by atoms with van der Waals surface area (Å²) in [6.45, 7) is 4.68. The van der Waals surface area contributed by atoms with Gasteiger partial charge < -0.3 is 20.7 Å². The quantitative estimate of drug-likeness (QED) is 0.511. The van der Waals surface area contributed by atoms with Crippen molar-refractivity contribution in [3.8, 4) is 11.8 Å². The number of carbonyl (C=O) groups excluding carboxylic acids is 1. The fourth-order valence-corrected chi connectivity index (χ4v) is 2.72. The Morgan fingerprint density at radius 2 is 2.11 bits per heavy atom. The van der Waals surface area contributed by atoms with Gasteiger partial charge in [0.05, 0.1) is 12.3 Å². The van der Waals surface area contributed by atoms with E-state index in [2.05, 4.69) is 21.7 Å². The van der Waals surface area contributed by atoms with Gasteiger partial charge >= 0.3 is 6.03 Å². The van der Waals surface area contributed by atoms with Crippen molar-refractivity contribution in [1.29, 1.82) is 5.26 Å². The summed E-state index contributed by atoms with van der Waals surface area (Å²) in [5.74, 6) is 0.782. The van der Waals surface area contributed by atoms with Crippen LogP contribution in [0.5, 0.6) is 5.75 Å². The molecular weight excluding hydrogens is 384 g/mol. The summed E-state index contributed by atoms with van der Waals surface area (Å²) in [5, 5.41) is 20.3. The van der Waals surface area contributed by atoms with E-state index >= 15 is 0 Å².